The summed E-state index contributed by atoms with van der Waals surface area (Å²) in [5, 5.41) is 14.1. The molecule has 0 radical (unpaired) electrons. The van der Waals surface area contributed by atoms with Crippen LogP contribution in [0.3, 0.4) is 0 Å². The first-order valence-electron chi connectivity index (χ1n) is 6.68. The molecule has 7 heteroatoms. The predicted molar refractivity (Wildman–Crippen MR) is 75.0 cm³/mol. The summed E-state index contributed by atoms with van der Waals surface area (Å²) in [6.07, 6.45) is 4.01. The Kier molecular flexibility index (Phi) is 3.57. The Morgan fingerprint density at radius 2 is 2.33 bits per heavy atom. The lowest BCUT2D eigenvalue weighted by molar-refractivity contribution is -0.384. The minimum atomic E-state index is -0.465. The Morgan fingerprint density at radius 1 is 1.52 bits per heavy atom. The molecule has 1 fully saturated rings. The van der Waals surface area contributed by atoms with E-state index in [0.29, 0.717) is 29.8 Å². The molecular formula is C14H15N3O4. The molecule has 1 aromatic carbocycles. The van der Waals surface area contributed by atoms with Gasteiger partial charge in [0.1, 0.15) is 12.0 Å². The van der Waals surface area contributed by atoms with Crippen LogP contribution in [0.5, 0.6) is 5.75 Å². The van der Waals surface area contributed by atoms with E-state index in [-0.39, 0.29) is 5.69 Å². The second-order valence-electron chi connectivity index (χ2n) is 4.94. The Hall–Kier alpha value is -2.41. The molecule has 3 rings (SSSR count). The molecule has 110 valence electrons. The monoisotopic (exact) mass is 289 g/mol. The average Bonchev–Trinajstić information content (AvgIpc) is 3.21. The lowest BCUT2D eigenvalue weighted by Crippen LogP contribution is -2.15. The van der Waals surface area contributed by atoms with Crippen LogP contribution in [-0.4, -0.2) is 23.1 Å². The summed E-state index contributed by atoms with van der Waals surface area (Å²) in [6.45, 7) is 0.656. The molecule has 0 atom stereocenters. The van der Waals surface area contributed by atoms with Crippen molar-refractivity contribution in [3.63, 3.8) is 0 Å². The number of nitro groups is 1. The second kappa shape index (κ2) is 5.53. The van der Waals surface area contributed by atoms with Crippen molar-refractivity contribution in [1.29, 1.82) is 0 Å². The van der Waals surface area contributed by atoms with Crippen LogP contribution < -0.4 is 10.1 Å². The highest BCUT2D eigenvalue weighted by Gasteiger charge is 2.21. The van der Waals surface area contributed by atoms with Gasteiger partial charge in [0.25, 0.3) is 5.69 Å². The van der Waals surface area contributed by atoms with Gasteiger partial charge in [-0.05, 0) is 18.9 Å². The molecule has 0 unspecified atom stereocenters. The first kappa shape index (κ1) is 13.6. The van der Waals surface area contributed by atoms with Gasteiger partial charge in [-0.25, -0.2) is 4.98 Å². The summed E-state index contributed by atoms with van der Waals surface area (Å²) in [5.41, 5.74) is 1.37. The van der Waals surface area contributed by atoms with Gasteiger partial charge in [-0.2, -0.15) is 0 Å². The lowest BCUT2D eigenvalue weighted by atomic mass is 10.2. The van der Waals surface area contributed by atoms with E-state index < -0.39 is 4.92 Å². The number of aromatic nitrogens is 1. The van der Waals surface area contributed by atoms with E-state index in [1.807, 2.05) is 0 Å². The van der Waals surface area contributed by atoms with E-state index >= 15 is 0 Å². The molecule has 1 heterocycles. The van der Waals surface area contributed by atoms with E-state index in [4.69, 9.17) is 9.15 Å². The Balaban J connectivity index is 1.83. The summed E-state index contributed by atoms with van der Waals surface area (Å²) in [5.74, 6) is 0.766. The molecule has 1 N–H and O–H groups in total. The molecule has 21 heavy (non-hydrogen) atoms. The first-order chi connectivity index (χ1) is 10.2. The Labute approximate surface area is 121 Å². The third-order valence-electron chi connectivity index (χ3n) is 3.33. The van der Waals surface area contributed by atoms with Crippen LogP contribution in [-0.2, 0) is 6.54 Å². The molecule has 0 spiro atoms. The molecule has 7 nitrogen and oxygen atoms in total. The van der Waals surface area contributed by atoms with Crippen molar-refractivity contribution in [2.45, 2.75) is 25.4 Å². The zero-order chi connectivity index (χ0) is 14.8. The smallest absolute Gasteiger partial charge is 0.273 e. The third-order valence-corrected chi connectivity index (χ3v) is 3.33. The summed E-state index contributed by atoms with van der Waals surface area (Å²) in [6, 6.07) is 4.95. The van der Waals surface area contributed by atoms with Gasteiger partial charge in [0.15, 0.2) is 0 Å². The predicted octanol–water partition coefficient (Wildman–Crippen LogP) is 2.51. The minimum Gasteiger partial charge on any atom is -0.496 e. The molecule has 1 saturated carbocycles. The van der Waals surface area contributed by atoms with Crippen LogP contribution in [0.2, 0.25) is 0 Å². The third kappa shape index (κ3) is 3.03. The molecule has 0 bridgehead atoms. The maximum Gasteiger partial charge on any atom is 0.273 e. The number of oxazole rings is 1. The van der Waals surface area contributed by atoms with Gasteiger partial charge in [-0.3, -0.25) is 10.1 Å². The number of nitro benzene ring substituents is 1. The highest BCUT2D eigenvalue weighted by Crippen LogP contribution is 2.32. The van der Waals surface area contributed by atoms with E-state index in [2.05, 4.69) is 10.3 Å². The van der Waals surface area contributed by atoms with Crippen LogP contribution in [0.15, 0.2) is 28.9 Å². The molecular weight excluding hydrogens is 274 g/mol. The van der Waals surface area contributed by atoms with Gasteiger partial charge in [0, 0.05) is 18.7 Å². The van der Waals surface area contributed by atoms with Crippen LogP contribution in [0, 0.1) is 10.1 Å². The fourth-order valence-corrected chi connectivity index (χ4v) is 2.02. The van der Waals surface area contributed by atoms with Gasteiger partial charge in [-0.15, -0.1) is 0 Å². The Morgan fingerprint density at radius 3 is 3.00 bits per heavy atom. The minimum absolute atomic E-state index is 0.0298. The zero-order valence-corrected chi connectivity index (χ0v) is 11.5. The molecule has 0 amide bonds. The molecule has 2 aromatic rings. The number of nitrogens with one attached hydrogen (secondary N) is 1. The van der Waals surface area contributed by atoms with E-state index in [1.54, 1.807) is 12.3 Å². The van der Waals surface area contributed by atoms with Gasteiger partial charge in [0.05, 0.1) is 29.4 Å². The van der Waals surface area contributed by atoms with Crippen molar-refractivity contribution >= 4 is 5.69 Å². The quantitative estimate of drug-likeness (QED) is 0.649. The molecule has 0 saturated heterocycles. The molecule has 1 aliphatic rings. The van der Waals surface area contributed by atoms with Crippen LogP contribution in [0.25, 0.3) is 11.5 Å². The number of benzene rings is 1. The number of rotatable bonds is 6. The standard InChI is InChI=1S/C14H15N3O4/c1-20-13-6-11(17(18)19)4-5-12(13)14-16-10(8-21-14)7-15-9-2-3-9/h4-6,8-9,15H,2-3,7H2,1H3. The van der Waals surface area contributed by atoms with Crippen molar-refractivity contribution in [1.82, 2.24) is 10.3 Å². The Bertz CT molecular complexity index is 664. The highest BCUT2D eigenvalue weighted by molar-refractivity contribution is 5.65. The van der Waals surface area contributed by atoms with Crippen molar-refractivity contribution in [2.24, 2.45) is 0 Å². The average molecular weight is 289 g/mol. The van der Waals surface area contributed by atoms with Gasteiger partial charge < -0.3 is 14.5 Å². The van der Waals surface area contributed by atoms with Crippen molar-refractivity contribution in [2.75, 3.05) is 7.11 Å². The van der Waals surface area contributed by atoms with Crippen LogP contribution in [0.1, 0.15) is 18.5 Å². The summed E-state index contributed by atoms with van der Waals surface area (Å²) in [4.78, 5) is 14.7. The number of methoxy groups -OCH3 is 1. The summed E-state index contributed by atoms with van der Waals surface area (Å²) < 4.78 is 10.6. The van der Waals surface area contributed by atoms with Crippen molar-refractivity contribution < 1.29 is 14.1 Å². The number of nitrogens with zero attached hydrogens (tertiary/aromatic N) is 2. The van der Waals surface area contributed by atoms with Gasteiger partial charge in [-0.1, -0.05) is 0 Å². The van der Waals surface area contributed by atoms with E-state index in [0.717, 1.165) is 5.69 Å². The fourth-order valence-electron chi connectivity index (χ4n) is 2.02. The molecule has 1 aliphatic carbocycles. The summed E-state index contributed by atoms with van der Waals surface area (Å²) in [7, 11) is 1.46. The van der Waals surface area contributed by atoms with E-state index in [1.165, 1.54) is 32.1 Å². The van der Waals surface area contributed by atoms with Gasteiger partial charge >= 0.3 is 0 Å². The van der Waals surface area contributed by atoms with Gasteiger partial charge in [0.2, 0.25) is 5.89 Å². The lowest BCUT2D eigenvalue weighted by Gasteiger charge is -2.04. The van der Waals surface area contributed by atoms with Crippen molar-refractivity contribution in [3.05, 3.63) is 40.3 Å². The normalized spacial score (nSPS) is 14.1. The summed E-state index contributed by atoms with van der Waals surface area (Å²) >= 11 is 0. The maximum atomic E-state index is 10.8. The van der Waals surface area contributed by atoms with Crippen LogP contribution >= 0.6 is 0 Å². The topological polar surface area (TPSA) is 90.4 Å². The van der Waals surface area contributed by atoms with Crippen LogP contribution in [0.4, 0.5) is 5.69 Å². The zero-order valence-electron chi connectivity index (χ0n) is 11.5. The first-order valence-corrected chi connectivity index (χ1v) is 6.68. The molecule has 1 aromatic heterocycles. The number of non-ortho nitro benzene ring substituents is 1. The number of ether oxygens (including phenoxy) is 1. The highest BCUT2D eigenvalue weighted by atomic mass is 16.6. The van der Waals surface area contributed by atoms with Crippen molar-refractivity contribution in [3.8, 4) is 17.2 Å². The molecule has 0 aliphatic heterocycles. The number of hydrogen-bond donors (Lipinski definition) is 1. The van der Waals surface area contributed by atoms with E-state index in [9.17, 15) is 10.1 Å². The largest absolute Gasteiger partial charge is 0.496 e. The SMILES string of the molecule is COc1cc([N+](=O)[O-])ccc1-c1nc(CNC2CC2)co1. The number of hydrogen-bond acceptors (Lipinski definition) is 6. The second-order valence-corrected chi connectivity index (χ2v) is 4.94. The fraction of sp³-hybridized carbons (Fsp3) is 0.357. The maximum absolute atomic E-state index is 10.8.